The predicted molar refractivity (Wildman–Crippen MR) is 149 cm³/mol. The number of fused-ring (bicyclic) bond motifs is 5. The number of hydrogen-bond donors (Lipinski definition) is 0. The van der Waals surface area contributed by atoms with Gasteiger partial charge in [0.1, 0.15) is 12.2 Å². The first-order valence-electron chi connectivity index (χ1n) is 15.5. The lowest BCUT2D eigenvalue weighted by Gasteiger charge is -2.65. The molecule has 5 heteroatoms. The highest BCUT2D eigenvalue weighted by Gasteiger charge is 2.66. The molecule has 0 N–H and O–H groups in total. The zero-order valence-electron chi connectivity index (χ0n) is 24.7. The second kappa shape index (κ2) is 11.7. The molecule has 0 heterocycles. The van der Waals surface area contributed by atoms with E-state index in [4.69, 9.17) is 14.7 Å². The van der Waals surface area contributed by atoms with E-state index in [1.54, 1.807) is 13.0 Å². The summed E-state index contributed by atoms with van der Waals surface area (Å²) in [5.41, 5.74) is 0.495. The highest BCUT2D eigenvalue weighted by molar-refractivity contribution is 5.66. The molecular weight excluding hydrogens is 474 g/mol. The fourth-order valence-corrected chi connectivity index (χ4v) is 10.5. The highest BCUT2D eigenvalue weighted by Crippen LogP contribution is 2.70. The van der Waals surface area contributed by atoms with Crippen LogP contribution in [0, 0.1) is 63.6 Å². The summed E-state index contributed by atoms with van der Waals surface area (Å²) in [4.78, 5) is 24.3. The van der Waals surface area contributed by atoms with Crippen LogP contribution in [0.3, 0.4) is 0 Å². The summed E-state index contributed by atoms with van der Waals surface area (Å²) >= 11 is 0. The Morgan fingerprint density at radius 2 is 1.68 bits per heavy atom. The number of esters is 2. The van der Waals surface area contributed by atoms with Gasteiger partial charge in [0.25, 0.3) is 0 Å². The number of ether oxygens (including phenoxy) is 2. The van der Waals surface area contributed by atoms with Gasteiger partial charge in [0.2, 0.25) is 0 Å². The van der Waals surface area contributed by atoms with Gasteiger partial charge in [0, 0.05) is 25.8 Å². The molecule has 38 heavy (non-hydrogen) atoms. The van der Waals surface area contributed by atoms with Gasteiger partial charge in [0.05, 0.1) is 6.07 Å². The van der Waals surface area contributed by atoms with Crippen LogP contribution in [0.25, 0.3) is 0 Å². The molecule has 0 spiro atoms. The van der Waals surface area contributed by atoms with Crippen LogP contribution in [0.2, 0.25) is 0 Å². The second-order valence-electron chi connectivity index (χ2n) is 13.7. The number of allylic oxidation sites excluding steroid dienone is 2. The van der Waals surface area contributed by atoms with Gasteiger partial charge in [-0.2, -0.15) is 5.26 Å². The smallest absolute Gasteiger partial charge is 0.302 e. The van der Waals surface area contributed by atoms with E-state index in [0.717, 1.165) is 38.5 Å². The lowest BCUT2D eigenvalue weighted by atomic mass is 9.41. The number of nitriles is 1. The topological polar surface area (TPSA) is 76.4 Å². The fraction of sp³-hybridized carbons (Fsp3) is 0.848. The van der Waals surface area contributed by atoms with Crippen LogP contribution in [-0.4, -0.2) is 24.1 Å². The quantitative estimate of drug-likeness (QED) is 0.185. The molecule has 11 atom stereocenters. The van der Waals surface area contributed by atoms with Crippen LogP contribution in [0.5, 0.6) is 0 Å². The van der Waals surface area contributed by atoms with Crippen molar-refractivity contribution in [1.29, 1.82) is 5.26 Å². The summed E-state index contributed by atoms with van der Waals surface area (Å²) < 4.78 is 12.1. The van der Waals surface area contributed by atoms with Crippen molar-refractivity contribution in [2.45, 2.75) is 124 Å². The first kappa shape index (κ1) is 29.2. The van der Waals surface area contributed by atoms with Gasteiger partial charge in [-0.05, 0) is 111 Å². The van der Waals surface area contributed by atoms with Crippen molar-refractivity contribution < 1.29 is 19.1 Å². The number of hydrogen-bond acceptors (Lipinski definition) is 5. The third-order valence-corrected chi connectivity index (χ3v) is 12.0. The Morgan fingerprint density at radius 1 is 1.00 bits per heavy atom. The van der Waals surface area contributed by atoms with E-state index < -0.39 is 0 Å². The monoisotopic (exact) mass is 525 g/mol. The van der Waals surface area contributed by atoms with E-state index in [-0.39, 0.29) is 35.0 Å². The Bertz CT molecular complexity index is 938. The molecule has 5 nitrogen and oxygen atoms in total. The number of carbonyl (C=O) groups is 2. The molecule has 4 aliphatic rings. The molecule has 0 radical (unpaired) electrons. The molecule has 4 fully saturated rings. The number of unbranched alkanes of at least 4 members (excludes halogenated alkanes) is 1. The van der Waals surface area contributed by atoms with E-state index in [9.17, 15) is 9.59 Å². The minimum Gasteiger partial charge on any atom is -0.463 e. The van der Waals surface area contributed by atoms with Gasteiger partial charge >= 0.3 is 11.9 Å². The Balaban J connectivity index is 1.61. The first-order chi connectivity index (χ1) is 18.1. The minimum absolute atomic E-state index is 0.0114. The Kier molecular flexibility index (Phi) is 9.00. The average molecular weight is 526 g/mol. The van der Waals surface area contributed by atoms with Crippen LogP contribution < -0.4 is 0 Å². The largest absolute Gasteiger partial charge is 0.463 e. The maximum absolute atomic E-state index is 12.5. The van der Waals surface area contributed by atoms with Gasteiger partial charge in [-0.25, -0.2) is 0 Å². The van der Waals surface area contributed by atoms with Gasteiger partial charge in [-0.3, -0.25) is 9.59 Å². The SMILES string of the molecule is CC[C@@H]1C2C[C@H](OC(C)=O)CC[C@@]2(C)[C@H]2CCC3(C)C([C@H](C)CCC/C=C/C#N)CC[C@H]3C2[C@@H]1OC(C)=O. The van der Waals surface area contributed by atoms with Crippen molar-refractivity contribution in [3.63, 3.8) is 0 Å². The molecular formula is C33H51NO4. The van der Waals surface area contributed by atoms with Gasteiger partial charge in [0.15, 0.2) is 0 Å². The molecule has 0 saturated heterocycles. The summed E-state index contributed by atoms with van der Waals surface area (Å²) in [6, 6.07) is 2.10. The molecule has 4 aliphatic carbocycles. The summed E-state index contributed by atoms with van der Waals surface area (Å²) in [5.74, 6) is 3.34. The second-order valence-corrected chi connectivity index (χ2v) is 13.7. The standard InChI is InChI=1S/C33H51NO4/c1-7-25-29-20-24(37-22(3)35)15-17-33(29,6)28-16-18-32(5)26(21(2)12-10-8-9-11-19-34)13-14-27(32)30(28)31(25)38-23(4)36/h9,11,21,24-31H,7-8,10,12-18,20H2,1-6H3/b11-9+/t21-,24-,25-,26?,27+,28+,29?,30?,31-,32?,33+/m1/s1. The van der Waals surface area contributed by atoms with Crippen LogP contribution in [0.1, 0.15) is 112 Å². The van der Waals surface area contributed by atoms with Crippen LogP contribution in [0.4, 0.5) is 0 Å². The maximum atomic E-state index is 12.5. The Morgan fingerprint density at radius 3 is 2.34 bits per heavy atom. The minimum atomic E-state index is -0.183. The lowest BCUT2D eigenvalue weighted by molar-refractivity contribution is -0.219. The van der Waals surface area contributed by atoms with Gasteiger partial charge < -0.3 is 9.47 Å². The van der Waals surface area contributed by atoms with Crippen LogP contribution in [0.15, 0.2) is 12.2 Å². The third kappa shape index (κ3) is 5.31. The van der Waals surface area contributed by atoms with Crippen LogP contribution in [-0.2, 0) is 19.1 Å². The number of nitrogens with zero attached hydrogens (tertiary/aromatic N) is 1. The van der Waals surface area contributed by atoms with E-state index in [2.05, 4.69) is 33.8 Å². The predicted octanol–water partition coefficient (Wildman–Crippen LogP) is 7.64. The van der Waals surface area contributed by atoms with Crippen molar-refractivity contribution in [3.05, 3.63) is 12.2 Å². The van der Waals surface area contributed by atoms with Crippen molar-refractivity contribution >= 4 is 11.9 Å². The summed E-state index contributed by atoms with van der Waals surface area (Å²) in [7, 11) is 0. The summed E-state index contributed by atoms with van der Waals surface area (Å²) in [6.07, 6.45) is 15.8. The molecule has 0 aromatic carbocycles. The van der Waals surface area contributed by atoms with Gasteiger partial charge in [-0.1, -0.05) is 40.2 Å². The van der Waals surface area contributed by atoms with Crippen LogP contribution >= 0.6 is 0 Å². The molecule has 0 aromatic rings. The van der Waals surface area contributed by atoms with E-state index in [0.29, 0.717) is 41.4 Å². The molecule has 0 amide bonds. The molecule has 212 valence electrons. The highest BCUT2D eigenvalue weighted by atomic mass is 16.5. The van der Waals surface area contributed by atoms with Crippen molar-refractivity contribution in [2.24, 2.45) is 52.3 Å². The zero-order valence-corrected chi connectivity index (χ0v) is 24.7. The van der Waals surface area contributed by atoms with E-state index >= 15 is 0 Å². The molecule has 4 saturated carbocycles. The van der Waals surface area contributed by atoms with E-state index in [1.807, 2.05) is 6.08 Å². The molecule has 4 rings (SSSR count). The average Bonchev–Trinajstić information content (AvgIpc) is 3.21. The van der Waals surface area contributed by atoms with Crippen molar-refractivity contribution in [3.8, 4) is 6.07 Å². The third-order valence-electron chi connectivity index (χ3n) is 12.0. The fourth-order valence-electron chi connectivity index (χ4n) is 10.5. The van der Waals surface area contributed by atoms with Crippen molar-refractivity contribution in [2.75, 3.05) is 0 Å². The molecule has 4 unspecified atom stereocenters. The normalized spacial score (nSPS) is 42.9. The molecule has 0 aromatic heterocycles. The van der Waals surface area contributed by atoms with Crippen molar-refractivity contribution in [1.82, 2.24) is 0 Å². The number of carbonyl (C=O) groups excluding carboxylic acids is 2. The summed E-state index contributed by atoms with van der Waals surface area (Å²) in [6.45, 7) is 12.9. The maximum Gasteiger partial charge on any atom is 0.302 e. The lowest BCUT2D eigenvalue weighted by Crippen LogP contribution is -2.63. The molecule has 0 bridgehead atoms. The zero-order chi connectivity index (χ0) is 27.7. The number of rotatable bonds is 8. The Labute approximate surface area is 231 Å². The molecule has 0 aliphatic heterocycles. The Hall–Kier alpha value is -1.83. The van der Waals surface area contributed by atoms with E-state index in [1.165, 1.54) is 39.0 Å². The first-order valence-corrected chi connectivity index (χ1v) is 15.5. The van der Waals surface area contributed by atoms with Gasteiger partial charge in [-0.15, -0.1) is 0 Å². The summed E-state index contributed by atoms with van der Waals surface area (Å²) in [5, 5.41) is 8.77.